The molecule has 0 aliphatic heterocycles. The maximum Gasteiger partial charge on any atom is 0.0992 e. The molecular weight excluding hydrogens is 210 g/mol. The molecule has 0 saturated carbocycles. The highest BCUT2D eigenvalue weighted by Crippen LogP contribution is 2.21. The molecule has 0 bridgehead atoms. The van der Waals surface area contributed by atoms with Gasteiger partial charge in [-0.25, -0.2) is 0 Å². The molecule has 0 atom stereocenters. The van der Waals surface area contributed by atoms with Crippen molar-refractivity contribution in [1.29, 1.82) is 5.26 Å². The van der Waals surface area contributed by atoms with E-state index in [1.165, 1.54) is 0 Å². The van der Waals surface area contributed by atoms with Crippen LogP contribution in [0, 0.1) is 16.7 Å². The number of nitriles is 1. The maximum absolute atomic E-state index is 8.91. The fraction of sp³-hybridized carbons (Fsp3) is 0.500. The third-order valence-electron chi connectivity index (χ3n) is 2.89. The monoisotopic (exact) mass is 231 g/mol. The van der Waals surface area contributed by atoms with Crippen LogP contribution in [-0.2, 0) is 0 Å². The summed E-state index contributed by atoms with van der Waals surface area (Å²) in [6.07, 6.45) is 0. The molecule has 92 valence electrons. The highest BCUT2D eigenvalue weighted by molar-refractivity contribution is 5.51. The van der Waals surface area contributed by atoms with Crippen LogP contribution < -0.4 is 10.6 Å². The van der Waals surface area contributed by atoms with Gasteiger partial charge in [0.2, 0.25) is 0 Å². The van der Waals surface area contributed by atoms with E-state index < -0.39 is 0 Å². The molecule has 3 heteroatoms. The molecule has 0 amide bonds. The minimum atomic E-state index is 0.0820. The summed E-state index contributed by atoms with van der Waals surface area (Å²) >= 11 is 0. The molecule has 0 aliphatic carbocycles. The Hall–Kier alpha value is -1.53. The van der Waals surface area contributed by atoms with E-state index >= 15 is 0 Å². The van der Waals surface area contributed by atoms with E-state index in [2.05, 4.69) is 31.7 Å². The van der Waals surface area contributed by atoms with Crippen LogP contribution in [0.3, 0.4) is 0 Å². The number of nitrogens with two attached hydrogens (primary N) is 1. The van der Waals surface area contributed by atoms with E-state index in [9.17, 15) is 0 Å². The van der Waals surface area contributed by atoms with Crippen molar-refractivity contribution >= 4 is 5.69 Å². The zero-order chi connectivity index (χ0) is 12.9. The minimum absolute atomic E-state index is 0.0820. The zero-order valence-electron chi connectivity index (χ0n) is 10.9. The summed E-state index contributed by atoms with van der Waals surface area (Å²) in [6, 6.07) is 9.88. The molecule has 17 heavy (non-hydrogen) atoms. The summed E-state index contributed by atoms with van der Waals surface area (Å²) in [4.78, 5) is 2.26. The Morgan fingerprint density at radius 1 is 1.41 bits per heavy atom. The predicted molar refractivity (Wildman–Crippen MR) is 71.9 cm³/mol. The molecule has 2 N–H and O–H groups in total. The van der Waals surface area contributed by atoms with Gasteiger partial charge in [-0.05, 0) is 37.1 Å². The van der Waals surface area contributed by atoms with Crippen molar-refractivity contribution in [3.63, 3.8) is 0 Å². The molecule has 0 heterocycles. The predicted octanol–water partition coefficient (Wildman–Crippen LogP) is 2.37. The molecule has 0 radical (unpaired) electrons. The molecule has 3 nitrogen and oxygen atoms in total. The van der Waals surface area contributed by atoms with E-state index in [4.69, 9.17) is 11.0 Å². The van der Waals surface area contributed by atoms with Gasteiger partial charge in [0.1, 0.15) is 0 Å². The largest absolute Gasteiger partial charge is 0.371 e. The van der Waals surface area contributed by atoms with Crippen LogP contribution in [0.5, 0.6) is 0 Å². The van der Waals surface area contributed by atoms with E-state index in [-0.39, 0.29) is 5.41 Å². The van der Waals surface area contributed by atoms with Gasteiger partial charge < -0.3 is 10.6 Å². The van der Waals surface area contributed by atoms with Gasteiger partial charge in [-0.1, -0.05) is 19.9 Å². The third kappa shape index (κ3) is 3.76. The smallest absolute Gasteiger partial charge is 0.0992 e. The van der Waals surface area contributed by atoms with Crippen molar-refractivity contribution in [2.24, 2.45) is 11.1 Å². The second kappa shape index (κ2) is 5.70. The highest BCUT2D eigenvalue weighted by atomic mass is 15.1. The fourth-order valence-electron chi connectivity index (χ4n) is 1.74. The quantitative estimate of drug-likeness (QED) is 0.846. The molecule has 1 aromatic carbocycles. The van der Waals surface area contributed by atoms with Crippen LogP contribution in [-0.4, -0.2) is 19.6 Å². The summed E-state index contributed by atoms with van der Waals surface area (Å²) in [6.45, 7) is 8.90. The second-order valence-corrected chi connectivity index (χ2v) is 5.04. The first-order valence-corrected chi connectivity index (χ1v) is 5.97. The van der Waals surface area contributed by atoms with Crippen molar-refractivity contribution in [2.75, 3.05) is 24.5 Å². The number of hydrogen-bond acceptors (Lipinski definition) is 3. The molecule has 0 aliphatic rings. The standard InChI is InChI=1S/C14H21N3/c1-4-17(11-14(2,3)10-16)13-7-5-6-12(8-13)9-15/h5-8H,4,10-11,16H2,1-3H3. The molecule has 1 rings (SSSR count). The second-order valence-electron chi connectivity index (χ2n) is 5.04. The van der Waals surface area contributed by atoms with Crippen LogP contribution in [0.2, 0.25) is 0 Å². The van der Waals surface area contributed by atoms with Gasteiger partial charge in [-0.15, -0.1) is 0 Å². The van der Waals surface area contributed by atoms with Crippen LogP contribution in [0.15, 0.2) is 24.3 Å². The van der Waals surface area contributed by atoms with E-state index in [0.29, 0.717) is 12.1 Å². The highest BCUT2D eigenvalue weighted by Gasteiger charge is 2.19. The molecule has 0 aromatic heterocycles. The Balaban J connectivity index is 2.90. The Morgan fingerprint density at radius 3 is 2.65 bits per heavy atom. The van der Waals surface area contributed by atoms with Crippen LogP contribution >= 0.6 is 0 Å². The molecule has 0 saturated heterocycles. The van der Waals surface area contributed by atoms with Gasteiger partial charge in [-0.2, -0.15) is 5.26 Å². The summed E-state index contributed by atoms with van der Waals surface area (Å²) < 4.78 is 0. The lowest BCUT2D eigenvalue weighted by molar-refractivity contribution is 0.380. The van der Waals surface area contributed by atoms with Crippen molar-refractivity contribution in [3.8, 4) is 6.07 Å². The van der Waals surface area contributed by atoms with E-state index in [1.54, 1.807) is 0 Å². The van der Waals surface area contributed by atoms with Crippen LogP contribution in [0.1, 0.15) is 26.3 Å². The fourth-order valence-corrected chi connectivity index (χ4v) is 1.74. The Morgan fingerprint density at radius 2 is 2.12 bits per heavy atom. The zero-order valence-corrected chi connectivity index (χ0v) is 10.9. The van der Waals surface area contributed by atoms with Gasteiger partial charge in [-0.3, -0.25) is 0 Å². The Bertz CT molecular complexity index is 404. The minimum Gasteiger partial charge on any atom is -0.371 e. The van der Waals surface area contributed by atoms with Gasteiger partial charge in [0.15, 0.2) is 0 Å². The normalized spacial score (nSPS) is 11.0. The van der Waals surface area contributed by atoms with Gasteiger partial charge in [0.25, 0.3) is 0 Å². The SMILES string of the molecule is CCN(CC(C)(C)CN)c1cccc(C#N)c1. The van der Waals surface area contributed by atoms with E-state index in [1.807, 2.05) is 24.3 Å². The molecule has 0 unspecified atom stereocenters. The van der Waals surface area contributed by atoms with Crippen molar-refractivity contribution in [1.82, 2.24) is 0 Å². The number of hydrogen-bond donors (Lipinski definition) is 1. The first-order chi connectivity index (χ1) is 8.02. The van der Waals surface area contributed by atoms with E-state index in [0.717, 1.165) is 18.8 Å². The maximum atomic E-state index is 8.91. The molecular formula is C14H21N3. The molecule has 0 spiro atoms. The Kier molecular flexibility index (Phi) is 4.53. The van der Waals surface area contributed by atoms with Crippen molar-refractivity contribution in [3.05, 3.63) is 29.8 Å². The van der Waals surface area contributed by atoms with Crippen LogP contribution in [0.4, 0.5) is 5.69 Å². The number of nitrogens with zero attached hydrogens (tertiary/aromatic N) is 2. The van der Waals surface area contributed by atoms with Gasteiger partial charge in [0, 0.05) is 18.8 Å². The lowest BCUT2D eigenvalue weighted by atomic mass is 9.93. The number of benzene rings is 1. The number of rotatable bonds is 5. The average molecular weight is 231 g/mol. The third-order valence-corrected chi connectivity index (χ3v) is 2.89. The summed E-state index contributed by atoms with van der Waals surface area (Å²) in [5, 5.41) is 8.91. The lowest BCUT2D eigenvalue weighted by Gasteiger charge is -2.32. The van der Waals surface area contributed by atoms with Gasteiger partial charge >= 0.3 is 0 Å². The van der Waals surface area contributed by atoms with Crippen molar-refractivity contribution in [2.45, 2.75) is 20.8 Å². The number of anilines is 1. The average Bonchev–Trinajstić information content (AvgIpc) is 2.36. The lowest BCUT2D eigenvalue weighted by Crippen LogP contribution is -2.38. The molecule has 0 fully saturated rings. The summed E-state index contributed by atoms with van der Waals surface area (Å²) in [7, 11) is 0. The summed E-state index contributed by atoms with van der Waals surface area (Å²) in [5.41, 5.74) is 7.64. The first kappa shape index (κ1) is 13.5. The topological polar surface area (TPSA) is 53.0 Å². The molecule has 1 aromatic rings. The van der Waals surface area contributed by atoms with Gasteiger partial charge in [0.05, 0.1) is 11.6 Å². The Labute approximate surface area is 104 Å². The summed E-state index contributed by atoms with van der Waals surface area (Å²) in [5.74, 6) is 0. The van der Waals surface area contributed by atoms with Crippen LogP contribution in [0.25, 0.3) is 0 Å². The first-order valence-electron chi connectivity index (χ1n) is 5.97. The van der Waals surface area contributed by atoms with Crippen molar-refractivity contribution < 1.29 is 0 Å².